The third kappa shape index (κ3) is 4.35. The molecule has 0 atom stereocenters. The second-order valence-corrected chi connectivity index (χ2v) is 5.55. The molecule has 0 bridgehead atoms. The molecule has 0 aliphatic rings. The van der Waals surface area contributed by atoms with Gasteiger partial charge in [0.05, 0.1) is 24.2 Å². The zero-order chi connectivity index (χ0) is 14.4. The number of hydrogen-bond acceptors (Lipinski definition) is 4. The number of methoxy groups -OCH3 is 1. The summed E-state index contributed by atoms with van der Waals surface area (Å²) in [4.78, 5) is 16.0. The lowest BCUT2D eigenvalue weighted by Gasteiger charge is -2.06. The minimum absolute atomic E-state index is 0.0122. The van der Waals surface area contributed by atoms with E-state index in [0.717, 1.165) is 28.4 Å². The van der Waals surface area contributed by atoms with Crippen molar-refractivity contribution in [1.82, 2.24) is 10.3 Å². The first-order valence-electron chi connectivity index (χ1n) is 6.48. The molecule has 0 saturated carbocycles. The number of ether oxygens (including phenoxy) is 1. The molecule has 2 rings (SSSR count). The van der Waals surface area contributed by atoms with Crippen LogP contribution in [0.15, 0.2) is 29.6 Å². The van der Waals surface area contributed by atoms with Crippen LogP contribution in [0, 0.1) is 6.92 Å². The number of nitrogens with one attached hydrogen (secondary N) is 1. The van der Waals surface area contributed by atoms with Gasteiger partial charge in [-0.05, 0) is 31.0 Å². The summed E-state index contributed by atoms with van der Waals surface area (Å²) in [5, 5.41) is 5.83. The third-order valence-electron chi connectivity index (χ3n) is 2.88. The fourth-order valence-corrected chi connectivity index (χ4v) is 2.50. The Morgan fingerprint density at radius 3 is 3.00 bits per heavy atom. The van der Waals surface area contributed by atoms with Gasteiger partial charge in [0.2, 0.25) is 5.91 Å². The van der Waals surface area contributed by atoms with Gasteiger partial charge in [0.15, 0.2) is 0 Å². The molecular weight excluding hydrogens is 272 g/mol. The van der Waals surface area contributed by atoms with Crippen molar-refractivity contribution < 1.29 is 9.53 Å². The van der Waals surface area contributed by atoms with Gasteiger partial charge in [-0.2, -0.15) is 0 Å². The number of hydrogen-bond donors (Lipinski definition) is 1. The first-order chi connectivity index (χ1) is 9.67. The Hall–Kier alpha value is -1.88. The van der Waals surface area contributed by atoms with E-state index >= 15 is 0 Å². The van der Waals surface area contributed by atoms with Gasteiger partial charge in [0.25, 0.3) is 0 Å². The van der Waals surface area contributed by atoms with Crippen LogP contribution >= 0.6 is 11.3 Å². The van der Waals surface area contributed by atoms with Gasteiger partial charge < -0.3 is 10.1 Å². The van der Waals surface area contributed by atoms with Gasteiger partial charge in [-0.1, -0.05) is 12.1 Å². The van der Waals surface area contributed by atoms with Crippen LogP contribution in [-0.2, 0) is 17.6 Å². The number of benzene rings is 1. The van der Waals surface area contributed by atoms with Gasteiger partial charge in [0.1, 0.15) is 5.75 Å². The summed E-state index contributed by atoms with van der Waals surface area (Å²) in [6.45, 7) is 2.56. The Labute approximate surface area is 122 Å². The summed E-state index contributed by atoms with van der Waals surface area (Å²) < 4.78 is 5.17. The number of carbonyl (C=O) groups excluding carboxylic acids is 1. The van der Waals surface area contributed by atoms with Gasteiger partial charge in [-0.25, -0.2) is 4.98 Å². The van der Waals surface area contributed by atoms with Gasteiger partial charge in [-0.3, -0.25) is 4.79 Å². The van der Waals surface area contributed by atoms with E-state index in [0.29, 0.717) is 13.0 Å². The second kappa shape index (κ2) is 7.05. The van der Waals surface area contributed by atoms with E-state index in [1.165, 1.54) is 0 Å². The zero-order valence-electron chi connectivity index (χ0n) is 11.7. The van der Waals surface area contributed by atoms with Crippen molar-refractivity contribution in [3.63, 3.8) is 0 Å². The number of thiazole rings is 1. The molecule has 1 heterocycles. The van der Waals surface area contributed by atoms with E-state index < -0.39 is 0 Å². The molecule has 2 aromatic rings. The molecule has 0 unspecified atom stereocenters. The second-order valence-electron chi connectivity index (χ2n) is 4.49. The summed E-state index contributed by atoms with van der Waals surface area (Å²) in [5.41, 5.74) is 1.99. The predicted octanol–water partition coefficient (Wildman–Crippen LogP) is 2.36. The highest BCUT2D eigenvalue weighted by molar-refractivity contribution is 7.09. The highest BCUT2D eigenvalue weighted by atomic mass is 32.1. The summed E-state index contributed by atoms with van der Waals surface area (Å²) in [6.07, 6.45) is 1.14. The Balaban J connectivity index is 1.76. The van der Waals surface area contributed by atoms with Crippen LogP contribution in [-0.4, -0.2) is 24.5 Å². The van der Waals surface area contributed by atoms with E-state index in [2.05, 4.69) is 10.3 Å². The maximum Gasteiger partial charge on any atom is 0.226 e. The Morgan fingerprint density at radius 1 is 1.45 bits per heavy atom. The van der Waals surface area contributed by atoms with Crippen LogP contribution in [0.1, 0.15) is 16.3 Å². The zero-order valence-corrected chi connectivity index (χ0v) is 12.5. The number of rotatable bonds is 6. The molecule has 0 spiro atoms. The van der Waals surface area contributed by atoms with Gasteiger partial charge in [0, 0.05) is 11.9 Å². The van der Waals surface area contributed by atoms with E-state index in [1.54, 1.807) is 18.4 Å². The number of nitrogens with zero attached hydrogens (tertiary/aromatic N) is 1. The minimum Gasteiger partial charge on any atom is -0.497 e. The fourth-order valence-electron chi connectivity index (χ4n) is 1.89. The molecule has 5 heteroatoms. The van der Waals surface area contributed by atoms with Crippen molar-refractivity contribution in [3.8, 4) is 5.75 Å². The van der Waals surface area contributed by atoms with Crippen LogP contribution < -0.4 is 10.1 Å². The molecule has 0 aliphatic heterocycles. The van der Waals surface area contributed by atoms with Crippen LogP contribution in [0.25, 0.3) is 0 Å². The van der Waals surface area contributed by atoms with Crippen LogP contribution in [0.3, 0.4) is 0 Å². The number of carbonyl (C=O) groups is 1. The summed E-state index contributed by atoms with van der Waals surface area (Å²) in [6, 6.07) is 7.87. The molecule has 0 fully saturated rings. The lowest BCUT2D eigenvalue weighted by Crippen LogP contribution is -2.27. The number of amides is 1. The van der Waals surface area contributed by atoms with Crippen molar-refractivity contribution in [3.05, 3.63) is 45.9 Å². The molecule has 1 amide bonds. The Kier molecular flexibility index (Phi) is 5.12. The van der Waals surface area contributed by atoms with Crippen molar-refractivity contribution in [2.75, 3.05) is 13.7 Å². The summed E-state index contributed by atoms with van der Waals surface area (Å²) in [7, 11) is 1.65. The lowest BCUT2D eigenvalue weighted by molar-refractivity contribution is -0.120. The monoisotopic (exact) mass is 290 g/mol. The molecule has 106 valence electrons. The van der Waals surface area contributed by atoms with Gasteiger partial charge in [-0.15, -0.1) is 11.3 Å². The average molecular weight is 290 g/mol. The molecule has 1 aromatic heterocycles. The molecule has 0 saturated heterocycles. The largest absolute Gasteiger partial charge is 0.497 e. The fraction of sp³-hybridized carbons (Fsp3) is 0.333. The standard InChI is InChI=1S/C15H18N2O2S/c1-11-17-13(10-20-11)9-15(18)16-7-6-12-4-3-5-14(8-12)19-2/h3-5,8,10H,6-7,9H2,1-2H3,(H,16,18). The van der Waals surface area contributed by atoms with Gasteiger partial charge >= 0.3 is 0 Å². The van der Waals surface area contributed by atoms with E-state index in [-0.39, 0.29) is 5.91 Å². The molecule has 1 N–H and O–H groups in total. The van der Waals surface area contributed by atoms with Crippen molar-refractivity contribution in [2.24, 2.45) is 0 Å². The molecule has 4 nitrogen and oxygen atoms in total. The molecular formula is C15H18N2O2S. The highest BCUT2D eigenvalue weighted by Gasteiger charge is 2.06. The number of aromatic nitrogens is 1. The van der Waals surface area contributed by atoms with Crippen LogP contribution in [0.2, 0.25) is 0 Å². The van der Waals surface area contributed by atoms with Crippen molar-refractivity contribution >= 4 is 17.2 Å². The maximum atomic E-state index is 11.8. The predicted molar refractivity (Wildman–Crippen MR) is 80.3 cm³/mol. The molecule has 0 radical (unpaired) electrons. The smallest absolute Gasteiger partial charge is 0.226 e. The SMILES string of the molecule is COc1cccc(CCNC(=O)Cc2csc(C)n2)c1. The van der Waals surface area contributed by atoms with E-state index in [1.807, 2.05) is 36.6 Å². The normalized spacial score (nSPS) is 10.3. The molecule has 0 aliphatic carbocycles. The number of aryl methyl sites for hydroxylation is 1. The average Bonchev–Trinajstić information content (AvgIpc) is 2.84. The Morgan fingerprint density at radius 2 is 2.30 bits per heavy atom. The highest BCUT2D eigenvalue weighted by Crippen LogP contribution is 2.12. The molecule has 1 aromatic carbocycles. The first-order valence-corrected chi connectivity index (χ1v) is 7.36. The summed E-state index contributed by atoms with van der Waals surface area (Å²) in [5.74, 6) is 0.852. The molecule has 20 heavy (non-hydrogen) atoms. The minimum atomic E-state index is 0.0122. The van der Waals surface area contributed by atoms with Crippen molar-refractivity contribution in [1.29, 1.82) is 0 Å². The summed E-state index contributed by atoms with van der Waals surface area (Å²) >= 11 is 1.57. The quantitative estimate of drug-likeness (QED) is 0.888. The van der Waals surface area contributed by atoms with Crippen LogP contribution in [0.5, 0.6) is 5.75 Å². The van der Waals surface area contributed by atoms with E-state index in [9.17, 15) is 4.79 Å². The topological polar surface area (TPSA) is 51.2 Å². The maximum absolute atomic E-state index is 11.8. The third-order valence-corrected chi connectivity index (χ3v) is 3.70. The first kappa shape index (κ1) is 14.5. The van der Waals surface area contributed by atoms with E-state index in [4.69, 9.17) is 4.74 Å². The van der Waals surface area contributed by atoms with Crippen LogP contribution in [0.4, 0.5) is 0 Å². The lowest BCUT2D eigenvalue weighted by atomic mass is 10.1. The van der Waals surface area contributed by atoms with Crippen molar-refractivity contribution in [2.45, 2.75) is 19.8 Å². The Bertz CT molecular complexity index is 581.